The first kappa shape index (κ1) is 23.7. The lowest BCUT2D eigenvalue weighted by atomic mass is 9.95. The molecule has 0 unspecified atom stereocenters. The molecule has 0 atom stereocenters. The molecular formula is C23H26N4O3S3. The number of fused-ring (bicyclic) bond motifs is 1. The average Bonchev–Trinajstić information content (AvgIpc) is 3.54. The summed E-state index contributed by atoms with van der Waals surface area (Å²) in [5.41, 5.74) is 2.92. The number of nitrogens with one attached hydrogen (secondary N) is 1. The Labute approximate surface area is 205 Å². The average molecular weight is 503 g/mol. The monoisotopic (exact) mass is 502 g/mol. The van der Waals surface area contributed by atoms with Crippen molar-refractivity contribution in [1.82, 2.24) is 14.8 Å². The van der Waals surface area contributed by atoms with Crippen LogP contribution in [0.4, 0.5) is 5.00 Å². The van der Waals surface area contributed by atoms with E-state index >= 15 is 0 Å². The van der Waals surface area contributed by atoms with Crippen molar-refractivity contribution >= 4 is 51.3 Å². The molecule has 1 amide bonds. The zero-order valence-corrected chi connectivity index (χ0v) is 21.1. The Morgan fingerprint density at radius 3 is 2.91 bits per heavy atom. The number of thiophene rings is 2. The number of rotatable bonds is 9. The van der Waals surface area contributed by atoms with Gasteiger partial charge in [-0.15, -0.1) is 39.4 Å². The summed E-state index contributed by atoms with van der Waals surface area (Å²) in [5.74, 6) is 0.313. The third-order valence-electron chi connectivity index (χ3n) is 5.45. The van der Waals surface area contributed by atoms with Crippen molar-refractivity contribution in [3.8, 4) is 11.4 Å². The molecule has 7 nitrogen and oxygen atoms in total. The predicted octanol–water partition coefficient (Wildman–Crippen LogP) is 5.21. The Hall–Kier alpha value is -2.43. The number of methoxy groups -OCH3 is 1. The maximum Gasteiger partial charge on any atom is 0.340 e. The zero-order chi connectivity index (χ0) is 23.4. The van der Waals surface area contributed by atoms with Crippen molar-refractivity contribution in [3.05, 3.63) is 45.0 Å². The van der Waals surface area contributed by atoms with E-state index in [1.165, 1.54) is 53.5 Å². The van der Waals surface area contributed by atoms with Crippen LogP contribution in [0, 0.1) is 0 Å². The van der Waals surface area contributed by atoms with Crippen molar-refractivity contribution < 1.29 is 14.3 Å². The van der Waals surface area contributed by atoms with E-state index in [0.29, 0.717) is 22.3 Å². The van der Waals surface area contributed by atoms with E-state index in [2.05, 4.69) is 27.5 Å². The summed E-state index contributed by atoms with van der Waals surface area (Å²) >= 11 is 4.51. The SMILES string of the molecule is C=CCn1c(SCC(=O)Nc2sc(CC)cc2C(=O)OC)nnc1-c1csc2c1CCCC2. The Balaban J connectivity index is 1.50. The van der Waals surface area contributed by atoms with Crippen LogP contribution in [0.15, 0.2) is 29.3 Å². The summed E-state index contributed by atoms with van der Waals surface area (Å²) in [6, 6.07) is 1.77. The van der Waals surface area contributed by atoms with Crippen molar-refractivity contribution in [3.63, 3.8) is 0 Å². The number of carbonyl (C=O) groups is 2. The molecule has 33 heavy (non-hydrogen) atoms. The molecule has 3 aromatic heterocycles. The Morgan fingerprint density at radius 2 is 2.15 bits per heavy atom. The number of hydrogen-bond acceptors (Lipinski definition) is 8. The molecule has 0 aliphatic heterocycles. The topological polar surface area (TPSA) is 86.1 Å². The predicted molar refractivity (Wildman–Crippen MR) is 135 cm³/mol. The largest absolute Gasteiger partial charge is 0.465 e. The quantitative estimate of drug-likeness (QED) is 0.245. The van der Waals surface area contributed by atoms with E-state index in [1.807, 2.05) is 17.6 Å². The number of carbonyl (C=O) groups excluding carboxylic acids is 2. The van der Waals surface area contributed by atoms with Crippen LogP contribution < -0.4 is 5.32 Å². The van der Waals surface area contributed by atoms with E-state index in [0.717, 1.165) is 35.5 Å². The van der Waals surface area contributed by atoms with Crippen LogP contribution >= 0.6 is 34.4 Å². The number of anilines is 1. The maximum absolute atomic E-state index is 12.7. The molecule has 0 fully saturated rings. The number of aromatic nitrogens is 3. The molecule has 0 aromatic carbocycles. The van der Waals surface area contributed by atoms with E-state index < -0.39 is 5.97 Å². The van der Waals surface area contributed by atoms with E-state index in [1.54, 1.807) is 17.4 Å². The molecular weight excluding hydrogens is 476 g/mol. The second-order valence-corrected chi connectivity index (χ2v) is 10.6. The Bertz CT molecular complexity index is 1180. The molecule has 4 rings (SSSR count). The molecule has 0 saturated heterocycles. The Morgan fingerprint density at radius 1 is 1.33 bits per heavy atom. The number of allylic oxidation sites excluding steroid dienone is 1. The number of ether oxygens (including phenoxy) is 1. The normalized spacial score (nSPS) is 12.9. The number of hydrogen-bond donors (Lipinski definition) is 1. The molecule has 0 spiro atoms. The van der Waals surface area contributed by atoms with Gasteiger partial charge in [0.15, 0.2) is 11.0 Å². The summed E-state index contributed by atoms with van der Waals surface area (Å²) in [7, 11) is 1.34. The van der Waals surface area contributed by atoms with E-state index in [9.17, 15) is 9.59 Å². The summed E-state index contributed by atoms with van der Waals surface area (Å²) in [6.07, 6.45) is 7.24. The molecule has 1 aliphatic carbocycles. The highest BCUT2D eigenvalue weighted by atomic mass is 32.2. The first-order chi connectivity index (χ1) is 16.0. The minimum Gasteiger partial charge on any atom is -0.465 e. The van der Waals surface area contributed by atoms with Crippen LogP contribution in [-0.4, -0.2) is 39.5 Å². The number of thioether (sulfide) groups is 1. The maximum atomic E-state index is 12.7. The van der Waals surface area contributed by atoms with Gasteiger partial charge in [0, 0.05) is 27.2 Å². The standard InChI is InChI=1S/C23H26N4O3S3/c1-4-10-27-20(17-12-31-18-9-7-6-8-15(17)18)25-26-23(27)32-13-19(28)24-21-16(22(29)30-3)11-14(5-2)33-21/h4,11-12H,1,5-10,13H2,2-3H3,(H,24,28). The molecule has 1 aliphatic rings. The highest BCUT2D eigenvalue weighted by molar-refractivity contribution is 7.99. The summed E-state index contributed by atoms with van der Waals surface area (Å²) in [5, 5.41) is 15.1. The fraction of sp³-hybridized carbons (Fsp3) is 0.391. The Kier molecular flexibility index (Phi) is 7.67. The third-order valence-corrected chi connectivity index (χ3v) is 8.70. The molecule has 10 heteroatoms. The highest BCUT2D eigenvalue weighted by Gasteiger charge is 2.23. The van der Waals surface area contributed by atoms with Gasteiger partial charge in [-0.2, -0.15) is 0 Å². The smallest absolute Gasteiger partial charge is 0.340 e. The number of nitrogens with zero attached hydrogens (tertiary/aromatic N) is 3. The van der Waals surface area contributed by atoms with Crippen molar-refractivity contribution in [1.29, 1.82) is 0 Å². The molecule has 1 N–H and O–H groups in total. The number of amides is 1. The minimum atomic E-state index is -0.455. The molecule has 3 aromatic rings. The van der Waals surface area contributed by atoms with Crippen molar-refractivity contribution in [2.45, 2.75) is 50.7 Å². The molecule has 3 heterocycles. The van der Waals surface area contributed by atoms with Crippen molar-refractivity contribution in [2.24, 2.45) is 0 Å². The fourth-order valence-electron chi connectivity index (χ4n) is 3.83. The number of aryl methyl sites for hydroxylation is 2. The lowest BCUT2D eigenvalue weighted by molar-refractivity contribution is -0.113. The van der Waals surface area contributed by atoms with Gasteiger partial charge in [0.2, 0.25) is 5.91 Å². The first-order valence-corrected chi connectivity index (χ1v) is 13.5. The van der Waals surface area contributed by atoms with Crippen LogP contribution in [0.1, 0.15) is 45.4 Å². The fourth-order valence-corrected chi connectivity index (χ4v) is 6.71. The van der Waals surface area contributed by atoms with Gasteiger partial charge in [0.25, 0.3) is 0 Å². The van der Waals surface area contributed by atoms with E-state index in [-0.39, 0.29) is 11.7 Å². The van der Waals surface area contributed by atoms with Gasteiger partial charge in [-0.25, -0.2) is 4.79 Å². The van der Waals surface area contributed by atoms with Crippen LogP contribution in [0.25, 0.3) is 11.4 Å². The van der Waals surface area contributed by atoms with E-state index in [4.69, 9.17) is 4.74 Å². The lowest BCUT2D eigenvalue weighted by Crippen LogP contribution is -2.16. The van der Waals surface area contributed by atoms with Gasteiger partial charge < -0.3 is 10.1 Å². The van der Waals surface area contributed by atoms with Gasteiger partial charge in [0.05, 0.1) is 18.4 Å². The van der Waals surface area contributed by atoms with Gasteiger partial charge >= 0.3 is 5.97 Å². The van der Waals surface area contributed by atoms with Gasteiger partial charge in [-0.1, -0.05) is 24.8 Å². The van der Waals surface area contributed by atoms with Gasteiger partial charge in [0.1, 0.15) is 5.00 Å². The third kappa shape index (κ3) is 5.07. The van der Waals surface area contributed by atoms with Gasteiger partial charge in [-0.05, 0) is 43.7 Å². The summed E-state index contributed by atoms with van der Waals surface area (Å²) < 4.78 is 6.86. The van der Waals surface area contributed by atoms with Crippen molar-refractivity contribution in [2.75, 3.05) is 18.2 Å². The molecule has 174 valence electrons. The van der Waals surface area contributed by atoms with Crippen LogP contribution in [0.3, 0.4) is 0 Å². The van der Waals surface area contributed by atoms with Gasteiger partial charge in [-0.3, -0.25) is 9.36 Å². The van der Waals surface area contributed by atoms with Crippen LogP contribution in [0.5, 0.6) is 0 Å². The first-order valence-electron chi connectivity index (χ1n) is 10.8. The summed E-state index contributed by atoms with van der Waals surface area (Å²) in [6.45, 7) is 6.44. The second-order valence-electron chi connectivity index (χ2n) is 7.60. The van der Waals surface area contributed by atoms with Crippen LogP contribution in [0.2, 0.25) is 0 Å². The van der Waals surface area contributed by atoms with Crippen LogP contribution in [-0.2, 0) is 35.3 Å². The molecule has 0 bridgehead atoms. The molecule has 0 saturated carbocycles. The second kappa shape index (κ2) is 10.7. The minimum absolute atomic E-state index is 0.150. The highest BCUT2D eigenvalue weighted by Crippen LogP contribution is 2.37. The zero-order valence-electron chi connectivity index (χ0n) is 18.7. The lowest BCUT2D eigenvalue weighted by Gasteiger charge is -2.13. The number of esters is 1. The summed E-state index contributed by atoms with van der Waals surface area (Å²) in [4.78, 5) is 27.2. The molecule has 0 radical (unpaired) electrons.